The van der Waals surface area contributed by atoms with Crippen LogP contribution >= 0.6 is 11.6 Å². The summed E-state index contributed by atoms with van der Waals surface area (Å²) in [4.78, 5) is 20.7. The van der Waals surface area contributed by atoms with E-state index in [2.05, 4.69) is 20.4 Å². The molecule has 0 radical (unpaired) electrons. The molecule has 8 heteroatoms. The Morgan fingerprint density at radius 1 is 1.38 bits per heavy atom. The molecule has 0 unspecified atom stereocenters. The second kappa shape index (κ2) is 5.93. The van der Waals surface area contributed by atoms with Crippen LogP contribution in [0.4, 0.5) is 5.69 Å². The summed E-state index contributed by atoms with van der Waals surface area (Å²) < 4.78 is 7.19. The molecule has 0 spiro atoms. The predicted octanol–water partition coefficient (Wildman–Crippen LogP) is 2.26. The third kappa shape index (κ3) is 2.69. The fourth-order valence-electron chi connectivity index (χ4n) is 2.57. The molecule has 3 aromatic rings. The number of aromatic nitrogens is 4. The Bertz CT molecular complexity index is 897. The minimum atomic E-state index is -0.609. The smallest absolute Gasteiger partial charge is 0.265 e. The van der Waals surface area contributed by atoms with Gasteiger partial charge in [-0.1, -0.05) is 11.6 Å². The zero-order chi connectivity index (χ0) is 16.5. The lowest BCUT2D eigenvalue weighted by molar-refractivity contribution is -0.122. The topological polar surface area (TPSA) is 81.9 Å². The number of ether oxygens (including phenoxy) is 1. The number of rotatable bonds is 3. The summed E-state index contributed by atoms with van der Waals surface area (Å²) in [6.07, 6.45) is 4.40. The normalized spacial score (nSPS) is 15.6. The minimum absolute atomic E-state index is 0.253. The first-order chi connectivity index (χ1) is 11.7. The molecular formula is C16H12ClN5O2. The highest BCUT2D eigenvalue weighted by atomic mass is 35.5. The second-order valence-corrected chi connectivity index (χ2v) is 5.70. The van der Waals surface area contributed by atoms with Crippen molar-refractivity contribution in [1.29, 1.82) is 0 Å². The van der Waals surface area contributed by atoms with Crippen LogP contribution in [0.15, 0.2) is 49.2 Å². The molecule has 1 aliphatic rings. The molecule has 7 nitrogen and oxygen atoms in total. The van der Waals surface area contributed by atoms with Gasteiger partial charge in [0, 0.05) is 17.6 Å². The molecule has 2 aromatic heterocycles. The second-order valence-electron chi connectivity index (χ2n) is 5.27. The quantitative estimate of drug-likeness (QED) is 0.790. The number of benzene rings is 1. The van der Waals surface area contributed by atoms with Gasteiger partial charge in [0.25, 0.3) is 5.91 Å². The van der Waals surface area contributed by atoms with Gasteiger partial charge in [-0.25, -0.2) is 14.6 Å². The van der Waals surface area contributed by atoms with Gasteiger partial charge in [-0.05, 0) is 35.9 Å². The number of nitrogens with one attached hydrogen (secondary N) is 1. The van der Waals surface area contributed by atoms with Crippen LogP contribution in [0, 0.1) is 0 Å². The Balaban J connectivity index is 1.54. The van der Waals surface area contributed by atoms with Crippen LogP contribution in [0.5, 0.6) is 5.75 Å². The number of halogens is 1. The average Bonchev–Trinajstić information content (AvgIpc) is 3.24. The first-order valence-corrected chi connectivity index (χ1v) is 7.64. The zero-order valence-corrected chi connectivity index (χ0v) is 13.1. The molecule has 0 saturated carbocycles. The summed E-state index contributed by atoms with van der Waals surface area (Å²) in [5, 5.41) is 7.51. The van der Waals surface area contributed by atoms with Gasteiger partial charge in [0.1, 0.15) is 18.4 Å². The number of hydrogen-bond donors (Lipinski definition) is 1. The monoisotopic (exact) mass is 341 g/mol. The molecule has 0 fully saturated rings. The maximum atomic E-state index is 12.5. The van der Waals surface area contributed by atoms with Gasteiger partial charge in [-0.15, -0.1) is 0 Å². The molecule has 4 rings (SSSR count). The molecular weight excluding hydrogens is 330 g/mol. The molecule has 1 aliphatic heterocycles. The molecule has 1 atom stereocenters. The number of fused-ring (bicyclic) bond motifs is 1. The Morgan fingerprint density at radius 2 is 2.29 bits per heavy atom. The maximum absolute atomic E-state index is 12.5. The van der Waals surface area contributed by atoms with E-state index in [0.717, 1.165) is 5.56 Å². The van der Waals surface area contributed by atoms with E-state index in [1.807, 2.05) is 6.07 Å². The van der Waals surface area contributed by atoms with Gasteiger partial charge in [-0.2, -0.15) is 5.10 Å². The van der Waals surface area contributed by atoms with Crippen molar-refractivity contribution in [3.8, 4) is 11.6 Å². The molecule has 0 bridgehead atoms. The van der Waals surface area contributed by atoms with E-state index in [4.69, 9.17) is 16.3 Å². The minimum Gasteiger partial charge on any atom is -0.480 e. The average molecular weight is 342 g/mol. The van der Waals surface area contributed by atoms with Gasteiger partial charge in [0.05, 0.1) is 5.69 Å². The van der Waals surface area contributed by atoms with Gasteiger partial charge in [0.15, 0.2) is 11.9 Å². The van der Waals surface area contributed by atoms with E-state index in [-0.39, 0.29) is 5.91 Å². The fraction of sp³-hybridized carbons (Fsp3) is 0.125. The van der Waals surface area contributed by atoms with Gasteiger partial charge in [0.2, 0.25) is 0 Å². The van der Waals surface area contributed by atoms with Crippen LogP contribution in [0.25, 0.3) is 5.82 Å². The molecule has 120 valence electrons. The molecule has 24 heavy (non-hydrogen) atoms. The lowest BCUT2D eigenvalue weighted by atomic mass is 10.1. The van der Waals surface area contributed by atoms with Crippen molar-refractivity contribution in [1.82, 2.24) is 19.7 Å². The van der Waals surface area contributed by atoms with Crippen LogP contribution in [0.1, 0.15) is 5.56 Å². The summed E-state index contributed by atoms with van der Waals surface area (Å²) in [7, 11) is 0. The van der Waals surface area contributed by atoms with Gasteiger partial charge in [-0.3, -0.25) is 4.79 Å². The molecule has 1 N–H and O–H groups in total. The maximum Gasteiger partial charge on any atom is 0.265 e. The van der Waals surface area contributed by atoms with E-state index in [0.29, 0.717) is 28.7 Å². The number of amides is 1. The van der Waals surface area contributed by atoms with Crippen LogP contribution in [0.3, 0.4) is 0 Å². The number of anilines is 1. The van der Waals surface area contributed by atoms with E-state index >= 15 is 0 Å². The SMILES string of the molecule is O=C(Nc1cccnc1-n1cncn1)[C@H]1Cc2cc(Cl)ccc2O1. The molecule has 3 heterocycles. The number of pyridine rings is 1. The van der Waals surface area contributed by atoms with E-state index in [9.17, 15) is 4.79 Å². The third-order valence-electron chi connectivity index (χ3n) is 3.67. The van der Waals surface area contributed by atoms with Crippen LogP contribution in [0.2, 0.25) is 5.02 Å². The first-order valence-electron chi connectivity index (χ1n) is 7.26. The predicted molar refractivity (Wildman–Crippen MR) is 87.4 cm³/mol. The van der Waals surface area contributed by atoms with Crippen molar-refractivity contribution in [2.75, 3.05) is 5.32 Å². The Labute approximate surface area is 142 Å². The number of carbonyl (C=O) groups is 1. The summed E-state index contributed by atoms with van der Waals surface area (Å²) in [5.74, 6) is 0.917. The van der Waals surface area contributed by atoms with Crippen molar-refractivity contribution in [2.24, 2.45) is 0 Å². The summed E-state index contributed by atoms with van der Waals surface area (Å²) in [6, 6.07) is 8.82. The van der Waals surface area contributed by atoms with Crippen molar-refractivity contribution in [3.63, 3.8) is 0 Å². The van der Waals surface area contributed by atoms with Crippen LogP contribution in [-0.4, -0.2) is 31.8 Å². The number of carbonyl (C=O) groups excluding carboxylic acids is 1. The molecule has 0 aliphatic carbocycles. The van der Waals surface area contributed by atoms with Crippen molar-refractivity contribution in [3.05, 3.63) is 59.8 Å². The number of nitrogens with zero attached hydrogens (tertiary/aromatic N) is 4. The van der Waals surface area contributed by atoms with E-state index in [1.165, 1.54) is 17.3 Å². The Morgan fingerprint density at radius 3 is 3.12 bits per heavy atom. The van der Waals surface area contributed by atoms with Crippen molar-refractivity contribution in [2.45, 2.75) is 12.5 Å². The first kappa shape index (κ1) is 14.6. The van der Waals surface area contributed by atoms with Gasteiger partial charge >= 0.3 is 0 Å². The van der Waals surface area contributed by atoms with E-state index in [1.54, 1.807) is 30.5 Å². The van der Waals surface area contributed by atoms with Crippen molar-refractivity contribution < 1.29 is 9.53 Å². The highest BCUT2D eigenvalue weighted by Gasteiger charge is 2.29. The molecule has 1 amide bonds. The lowest BCUT2D eigenvalue weighted by Gasteiger charge is -2.13. The number of hydrogen-bond acceptors (Lipinski definition) is 5. The fourth-order valence-corrected chi connectivity index (χ4v) is 2.77. The van der Waals surface area contributed by atoms with Crippen molar-refractivity contribution >= 4 is 23.2 Å². The van der Waals surface area contributed by atoms with E-state index < -0.39 is 6.10 Å². The third-order valence-corrected chi connectivity index (χ3v) is 3.90. The summed E-state index contributed by atoms with van der Waals surface area (Å²) >= 11 is 5.98. The molecule has 0 saturated heterocycles. The van der Waals surface area contributed by atoms with Gasteiger partial charge < -0.3 is 10.1 Å². The standard InChI is InChI=1S/C16H12ClN5O2/c17-11-3-4-13-10(6-11)7-14(24-13)16(23)21-12-2-1-5-19-15(12)22-9-18-8-20-22/h1-6,8-9,14H,7H2,(H,21,23)/t14-/m1/s1. The summed E-state index contributed by atoms with van der Waals surface area (Å²) in [6.45, 7) is 0. The molecule has 1 aromatic carbocycles. The zero-order valence-electron chi connectivity index (χ0n) is 12.4. The highest BCUT2D eigenvalue weighted by Crippen LogP contribution is 2.31. The Kier molecular flexibility index (Phi) is 3.62. The summed E-state index contributed by atoms with van der Waals surface area (Å²) in [5.41, 5.74) is 1.45. The van der Waals surface area contributed by atoms with Crippen LogP contribution in [-0.2, 0) is 11.2 Å². The van der Waals surface area contributed by atoms with Crippen LogP contribution < -0.4 is 10.1 Å². The lowest BCUT2D eigenvalue weighted by Crippen LogP contribution is -2.31. The largest absolute Gasteiger partial charge is 0.480 e. The Hall–Kier alpha value is -2.93. The highest BCUT2D eigenvalue weighted by molar-refractivity contribution is 6.30.